The van der Waals surface area contributed by atoms with Crippen molar-refractivity contribution in [3.63, 3.8) is 0 Å². The molecule has 0 fully saturated rings. The molecule has 3 nitrogen and oxygen atoms in total. The van der Waals surface area contributed by atoms with Crippen molar-refractivity contribution in [2.75, 3.05) is 6.54 Å². The number of ketones is 1. The summed E-state index contributed by atoms with van der Waals surface area (Å²) in [6.07, 6.45) is 7.62. The molecule has 130 valence electrons. The van der Waals surface area contributed by atoms with Gasteiger partial charge in [-0.3, -0.25) is 4.79 Å². The Labute approximate surface area is 159 Å². The zero-order chi connectivity index (χ0) is 18.2. The van der Waals surface area contributed by atoms with Crippen LogP contribution in [0.2, 0.25) is 5.02 Å². The van der Waals surface area contributed by atoms with Crippen LogP contribution in [0.3, 0.4) is 0 Å². The molecule has 2 aromatic rings. The van der Waals surface area contributed by atoms with E-state index >= 15 is 0 Å². The Balaban J connectivity index is 2.34. The lowest BCUT2D eigenvalue weighted by Gasteiger charge is -2.14. The molecule has 0 saturated carbocycles. The molecule has 25 heavy (non-hydrogen) atoms. The van der Waals surface area contributed by atoms with E-state index in [1.54, 1.807) is 30.3 Å². The summed E-state index contributed by atoms with van der Waals surface area (Å²) in [5.41, 5.74) is 1.81. The second-order valence-corrected chi connectivity index (χ2v) is 6.59. The first kappa shape index (κ1) is 19.3. The number of nitrogens with zero attached hydrogens (tertiary/aromatic N) is 1. The molecule has 0 amide bonds. The van der Waals surface area contributed by atoms with Gasteiger partial charge in [0.1, 0.15) is 0 Å². The smallest absolute Gasteiger partial charge is 0.270 e. The minimum atomic E-state index is -0.605. The number of benzene rings is 1. The van der Waals surface area contributed by atoms with Crippen molar-refractivity contribution in [1.29, 1.82) is 0 Å². The number of carbonyl (C=O) groups is 1. The minimum Gasteiger partial charge on any atom is -0.370 e. The zero-order valence-electron chi connectivity index (χ0n) is 14.2. The number of aryl methyl sites for hydroxylation is 1. The van der Waals surface area contributed by atoms with Gasteiger partial charge in [0.25, 0.3) is 6.04 Å². The van der Waals surface area contributed by atoms with Gasteiger partial charge < -0.3 is 5.32 Å². The molecule has 0 radical (unpaired) electrons. The van der Waals surface area contributed by atoms with E-state index < -0.39 is 6.04 Å². The fourth-order valence-electron chi connectivity index (χ4n) is 2.53. The average molecular weight is 374 g/mol. The highest BCUT2D eigenvalue weighted by Crippen LogP contribution is 2.15. The highest BCUT2D eigenvalue weighted by molar-refractivity contribution is 7.80. The van der Waals surface area contributed by atoms with E-state index in [1.165, 1.54) is 5.56 Å². The maximum Gasteiger partial charge on any atom is 0.270 e. The Morgan fingerprint density at radius 3 is 2.48 bits per heavy atom. The Morgan fingerprint density at radius 2 is 1.92 bits per heavy atom. The van der Waals surface area contributed by atoms with E-state index in [-0.39, 0.29) is 5.78 Å². The molecule has 0 unspecified atom stereocenters. The lowest BCUT2D eigenvalue weighted by atomic mass is 10.0. The predicted octanol–water partition coefficient (Wildman–Crippen LogP) is 4.11. The average Bonchev–Trinajstić information content (AvgIpc) is 2.62. The molecular formula is C20H22ClN2OS+. The molecular weight excluding hydrogens is 352 g/mol. The molecule has 0 aliphatic heterocycles. The van der Waals surface area contributed by atoms with Crippen LogP contribution in [0.4, 0.5) is 0 Å². The molecule has 1 N–H and O–H groups in total. The number of aromatic nitrogens is 1. The predicted molar refractivity (Wildman–Crippen MR) is 106 cm³/mol. The molecule has 1 atom stereocenters. The molecule has 2 rings (SSSR count). The Hall–Kier alpha value is -2.04. The number of rotatable bonds is 8. The summed E-state index contributed by atoms with van der Waals surface area (Å²) < 4.78 is 1.84. The number of halogens is 1. The lowest BCUT2D eigenvalue weighted by molar-refractivity contribution is -0.692. The molecule has 1 aromatic heterocycles. The van der Waals surface area contributed by atoms with E-state index in [4.69, 9.17) is 23.8 Å². The van der Waals surface area contributed by atoms with E-state index in [0.717, 1.165) is 12.8 Å². The first-order valence-electron chi connectivity index (χ1n) is 8.25. The molecule has 0 aliphatic carbocycles. The van der Waals surface area contributed by atoms with Gasteiger partial charge in [-0.25, -0.2) is 0 Å². The van der Waals surface area contributed by atoms with Gasteiger partial charge in [-0.15, -0.1) is 6.58 Å². The van der Waals surface area contributed by atoms with Crippen LogP contribution >= 0.6 is 23.8 Å². The standard InChI is InChI=1S/C20H21ClN2OS/c1-3-5-15-10-13-23(14-11-15)18(20(25)22-12-4-2)19(24)16-6-8-17(21)9-7-16/h4,6-11,13-14,18H,2-3,5,12H2,1H3/p+1/t18-/m1/s1. The van der Waals surface area contributed by atoms with Crippen molar-refractivity contribution < 1.29 is 9.36 Å². The summed E-state index contributed by atoms with van der Waals surface area (Å²) in [5, 5.41) is 3.67. The minimum absolute atomic E-state index is 0.0773. The Morgan fingerprint density at radius 1 is 1.28 bits per heavy atom. The van der Waals surface area contributed by atoms with Crippen molar-refractivity contribution in [2.24, 2.45) is 0 Å². The quantitative estimate of drug-likeness (QED) is 0.327. The Bertz CT molecular complexity index is 741. The van der Waals surface area contributed by atoms with Crippen molar-refractivity contribution in [3.05, 3.63) is 77.6 Å². The van der Waals surface area contributed by atoms with Gasteiger partial charge in [-0.2, -0.15) is 4.57 Å². The van der Waals surface area contributed by atoms with E-state index in [9.17, 15) is 4.79 Å². The second-order valence-electron chi connectivity index (χ2n) is 5.71. The van der Waals surface area contributed by atoms with Crippen molar-refractivity contribution in [3.8, 4) is 0 Å². The monoisotopic (exact) mass is 373 g/mol. The maximum atomic E-state index is 13.1. The van der Waals surface area contributed by atoms with Crippen molar-refractivity contribution in [1.82, 2.24) is 5.32 Å². The van der Waals surface area contributed by atoms with E-state index in [0.29, 0.717) is 22.1 Å². The van der Waals surface area contributed by atoms with Gasteiger partial charge in [0.15, 0.2) is 17.4 Å². The van der Waals surface area contributed by atoms with Crippen LogP contribution in [0.5, 0.6) is 0 Å². The van der Waals surface area contributed by atoms with Crippen molar-refractivity contribution >= 4 is 34.6 Å². The number of carbonyl (C=O) groups excluding carboxylic acids is 1. The largest absolute Gasteiger partial charge is 0.370 e. The summed E-state index contributed by atoms with van der Waals surface area (Å²) in [4.78, 5) is 13.5. The van der Waals surface area contributed by atoms with E-state index in [2.05, 4.69) is 18.8 Å². The Kier molecular flexibility index (Phi) is 7.29. The van der Waals surface area contributed by atoms with Crippen LogP contribution in [0.1, 0.15) is 35.3 Å². The number of thiocarbonyl (C=S) groups is 1. The first-order valence-corrected chi connectivity index (χ1v) is 9.03. The van der Waals surface area contributed by atoms with Gasteiger partial charge >= 0.3 is 0 Å². The number of hydrogen-bond donors (Lipinski definition) is 1. The third-order valence-corrected chi connectivity index (χ3v) is 4.42. The molecule has 0 bridgehead atoms. The molecule has 5 heteroatoms. The fourth-order valence-corrected chi connectivity index (χ4v) is 2.97. The van der Waals surface area contributed by atoms with Crippen LogP contribution in [0, 0.1) is 0 Å². The van der Waals surface area contributed by atoms with Crippen LogP contribution in [0.25, 0.3) is 0 Å². The van der Waals surface area contributed by atoms with Gasteiger partial charge in [-0.05, 0) is 36.2 Å². The SMILES string of the molecule is C=CCNC(=S)[C@@H](C(=O)c1ccc(Cl)cc1)[n+]1ccc(CCC)cc1. The topological polar surface area (TPSA) is 33.0 Å². The number of Topliss-reactive ketones (excluding diaryl/α,β-unsaturated/α-hetero) is 1. The van der Waals surface area contributed by atoms with Crippen LogP contribution in [0.15, 0.2) is 61.4 Å². The summed E-state index contributed by atoms with van der Waals surface area (Å²) in [5.74, 6) is -0.0773. The molecule has 0 aliphatic rings. The number of pyridine rings is 1. The van der Waals surface area contributed by atoms with Gasteiger partial charge in [0.05, 0.1) is 0 Å². The number of hydrogen-bond acceptors (Lipinski definition) is 2. The number of nitrogens with one attached hydrogen (secondary N) is 1. The third kappa shape index (κ3) is 5.21. The fraction of sp³-hybridized carbons (Fsp3) is 0.250. The molecule has 0 saturated heterocycles. The summed E-state index contributed by atoms with van der Waals surface area (Å²) in [6, 6.07) is 10.3. The second kappa shape index (κ2) is 9.44. The maximum absolute atomic E-state index is 13.1. The molecule has 0 spiro atoms. The zero-order valence-corrected chi connectivity index (χ0v) is 15.8. The van der Waals surface area contributed by atoms with E-state index in [1.807, 2.05) is 29.1 Å². The normalized spacial score (nSPS) is 11.6. The van der Waals surface area contributed by atoms with Crippen LogP contribution in [-0.2, 0) is 6.42 Å². The van der Waals surface area contributed by atoms with Crippen LogP contribution in [-0.4, -0.2) is 17.3 Å². The third-order valence-electron chi connectivity index (χ3n) is 3.80. The van der Waals surface area contributed by atoms with Gasteiger partial charge in [0.2, 0.25) is 5.78 Å². The summed E-state index contributed by atoms with van der Waals surface area (Å²) in [6.45, 7) is 6.33. The summed E-state index contributed by atoms with van der Waals surface area (Å²) in [7, 11) is 0. The van der Waals surface area contributed by atoms with Crippen LogP contribution < -0.4 is 9.88 Å². The lowest BCUT2D eigenvalue weighted by Crippen LogP contribution is -2.51. The van der Waals surface area contributed by atoms with Gasteiger partial charge in [-0.1, -0.05) is 43.2 Å². The molecule has 1 aromatic carbocycles. The first-order chi connectivity index (χ1) is 12.1. The highest BCUT2D eigenvalue weighted by Gasteiger charge is 2.32. The summed E-state index contributed by atoms with van der Waals surface area (Å²) >= 11 is 11.4. The highest BCUT2D eigenvalue weighted by atomic mass is 35.5. The van der Waals surface area contributed by atoms with Crippen molar-refractivity contribution in [2.45, 2.75) is 25.8 Å². The van der Waals surface area contributed by atoms with Gasteiger partial charge in [0, 0.05) is 29.3 Å². The molecule has 1 heterocycles.